The van der Waals surface area contributed by atoms with Gasteiger partial charge in [0.1, 0.15) is 5.82 Å². The second kappa shape index (κ2) is 10.7. The van der Waals surface area contributed by atoms with Crippen LogP contribution >= 0.6 is 0 Å². The Bertz CT molecular complexity index is 1290. The molecule has 9 heteroatoms. The minimum atomic E-state index is -0.520. The topological polar surface area (TPSA) is 112 Å². The number of anilines is 5. The lowest BCUT2D eigenvalue weighted by molar-refractivity contribution is 0.100. The van der Waals surface area contributed by atoms with Gasteiger partial charge in [0.2, 0.25) is 5.95 Å². The maximum absolute atomic E-state index is 11.9. The van der Waals surface area contributed by atoms with Crippen molar-refractivity contribution < 1.29 is 4.79 Å². The van der Waals surface area contributed by atoms with Crippen LogP contribution in [-0.4, -0.2) is 47.0 Å². The van der Waals surface area contributed by atoms with Crippen molar-refractivity contribution in [3.05, 3.63) is 96.4 Å². The molecule has 1 amide bonds. The second-order valence-corrected chi connectivity index (χ2v) is 8.51. The molecule has 2 aromatic carbocycles. The molecule has 36 heavy (non-hydrogen) atoms. The zero-order valence-electron chi connectivity index (χ0n) is 19.8. The molecule has 1 fully saturated rings. The number of benzene rings is 2. The van der Waals surface area contributed by atoms with Crippen LogP contribution in [0.15, 0.2) is 85.3 Å². The Morgan fingerprint density at radius 2 is 1.56 bits per heavy atom. The highest BCUT2D eigenvalue weighted by Crippen LogP contribution is 2.25. The number of primary amides is 1. The predicted molar refractivity (Wildman–Crippen MR) is 143 cm³/mol. The normalized spacial score (nSPS) is 13.3. The molecule has 0 saturated carbocycles. The van der Waals surface area contributed by atoms with Gasteiger partial charge in [-0.1, -0.05) is 30.3 Å². The molecule has 1 aliphatic heterocycles. The molecular formula is C27H28N8O. The molecule has 0 spiro atoms. The lowest BCUT2D eigenvalue weighted by atomic mass is 10.2. The SMILES string of the molecule is NC(=O)c1cnc(Nc2ccc(N3CCN(c4ncccn4)CC3)cc2)cc1NCc1ccccc1. The molecular weight excluding hydrogens is 452 g/mol. The van der Waals surface area contributed by atoms with Crippen molar-refractivity contribution in [1.82, 2.24) is 15.0 Å². The van der Waals surface area contributed by atoms with Crippen molar-refractivity contribution in [2.24, 2.45) is 5.73 Å². The number of carbonyl (C=O) groups excluding carboxylic acids is 1. The summed E-state index contributed by atoms with van der Waals surface area (Å²) in [5.74, 6) is 0.886. The summed E-state index contributed by atoms with van der Waals surface area (Å²) >= 11 is 0. The fraction of sp³-hybridized carbons (Fsp3) is 0.185. The average molecular weight is 481 g/mol. The number of nitrogens with zero attached hydrogens (tertiary/aromatic N) is 5. The summed E-state index contributed by atoms with van der Waals surface area (Å²) in [5, 5.41) is 6.63. The number of nitrogens with two attached hydrogens (primary N) is 1. The van der Waals surface area contributed by atoms with Crippen molar-refractivity contribution in [2.45, 2.75) is 6.54 Å². The van der Waals surface area contributed by atoms with Crippen LogP contribution in [0.3, 0.4) is 0 Å². The highest BCUT2D eigenvalue weighted by molar-refractivity contribution is 5.98. The number of piperazine rings is 1. The fourth-order valence-electron chi connectivity index (χ4n) is 4.18. The zero-order valence-corrected chi connectivity index (χ0v) is 19.8. The minimum Gasteiger partial charge on any atom is -0.380 e. The highest BCUT2D eigenvalue weighted by atomic mass is 16.1. The van der Waals surface area contributed by atoms with E-state index in [1.54, 1.807) is 12.4 Å². The van der Waals surface area contributed by atoms with Crippen molar-refractivity contribution in [3.8, 4) is 0 Å². The fourth-order valence-corrected chi connectivity index (χ4v) is 4.18. The van der Waals surface area contributed by atoms with Crippen LogP contribution in [0.4, 0.5) is 28.8 Å². The summed E-state index contributed by atoms with van der Waals surface area (Å²) in [7, 11) is 0. The predicted octanol–water partition coefficient (Wildman–Crippen LogP) is 3.65. The van der Waals surface area contributed by atoms with Gasteiger partial charge in [-0.2, -0.15) is 0 Å². The molecule has 1 saturated heterocycles. The van der Waals surface area contributed by atoms with E-state index < -0.39 is 5.91 Å². The average Bonchev–Trinajstić information content (AvgIpc) is 2.93. The first-order chi connectivity index (χ1) is 17.7. The first-order valence-corrected chi connectivity index (χ1v) is 11.9. The molecule has 1 aliphatic rings. The first-order valence-electron chi connectivity index (χ1n) is 11.9. The summed E-state index contributed by atoms with van der Waals surface area (Å²) in [6.45, 7) is 4.12. The van der Waals surface area contributed by atoms with E-state index in [-0.39, 0.29) is 0 Å². The standard InChI is InChI=1S/C27H28N8O/c28-26(36)23-19-32-25(17-24(23)31-18-20-5-2-1-3-6-20)33-21-7-9-22(10-8-21)34-13-15-35(16-14-34)27-29-11-4-12-30-27/h1-12,17,19H,13-16,18H2,(H2,28,36)(H2,31,32,33). The van der Waals surface area contributed by atoms with Gasteiger partial charge in [-0.25, -0.2) is 15.0 Å². The molecule has 0 unspecified atom stereocenters. The van der Waals surface area contributed by atoms with Crippen molar-refractivity contribution in [1.29, 1.82) is 0 Å². The van der Waals surface area contributed by atoms with Crippen LogP contribution in [0.1, 0.15) is 15.9 Å². The molecule has 182 valence electrons. The largest absolute Gasteiger partial charge is 0.380 e. The lowest BCUT2D eigenvalue weighted by Gasteiger charge is -2.36. The number of rotatable bonds is 8. The van der Waals surface area contributed by atoms with E-state index in [1.165, 1.54) is 6.20 Å². The Morgan fingerprint density at radius 3 is 2.25 bits per heavy atom. The molecule has 3 heterocycles. The zero-order chi connectivity index (χ0) is 24.7. The van der Waals surface area contributed by atoms with Crippen LogP contribution in [0.2, 0.25) is 0 Å². The smallest absolute Gasteiger partial charge is 0.252 e. The van der Waals surface area contributed by atoms with Crippen LogP contribution in [0, 0.1) is 0 Å². The van der Waals surface area contributed by atoms with Gasteiger partial charge in [0.05, 0.1) is 11.3 Å². The summed E-state index contributed by atoms with van der Waals surface area (Å²) in [5.41, 5.74) is 9.73. The third-order valence-electron chi connectivity index (χ3n) is 6.11. The second-order valence-electron chi connectivity index (χ2n) is 8.51. The highest BCUT2D eigenvalue weighted by Gasteiger charge is 2.19. The number of hydrogen-bond acceptors (Lipinski definition) is 8. The summed E-state index contributed by atoms with van der Waals surface area (Å²) in [6.07, 6.45) is 5.06. The minimum absolute atomic E-state index is 0.354. The van der Waals surface area contributed by atoms with Crippen LogP contribution in [0.25, 0.3) is 0 Å². The third kappa shape index (κ3) is 5.52. The van der Waals surface area contributed by atoms with Crippen molar-refractivity contribution in [3.63, 3.8) is 0 Å². The monoisotopic (exact) mass is 480 g/mol. The van der Waals surface area contributed by atoms with Gasteiger partial charge in [0.25, 0.3) is 5.91 Å². The van der Waals surface area contributed by atoms with E-state index in [4.69, 9.17) is 5.73 Å². The number of carbonyl (C=O) groups is 1. The molecule has 4 aromatic rings. The van der Waals surface area contributed by atoms with Crippen LogP contribution < -0.4 is 26.2 Å². The molecule has 4 N–H and O–H groups in total. The van der Waals surface area contributed by atoms with E-state index >= 15 is 0 Å². The Balaban J connectivity index is 1.22. The van der Waals surface area contributed by atoms with Crippen molar-refractivity contribution in [2.75, 3.05) is 46.6 Å². The summed E-state index contributed by atoms with van der Waals surface area (Å²) < 4.78 is 0. The quantitative estimate of drug-likeness (QED) is 0.350. The Morgan fingerprint density at radius 1 is 0.861 bits per heavy atom. The maximum atomic E-state index is 11.9. The molecule has 0 bridgehead atoms. The third-order valence-corrected chi connectivity index (χ3v) is 6.11. The van der Waals surface area contributed by atoms with E-state index in [9.17, 15) is 4.79 Å². The molecule has 5 rings (SSSR count). The molecule has 9 nitrogen and oxygen atoms in total. The first kappa shape index (κ1) is 23.1. The Hall–Kier alpha value is -4.66. The van der Waals surface area contributed by atoms with Gasteiger partial charge in [-0.05, 0) is 35.9 Å². The number of nitrogens with one attached hydrogen (secondary N) is 2. The Labute approximate surface area is 210 Å². The maximum Gasteiger partial charge on any atom is 0.252 e. The number of pyridine rings is 1. The number of amides is 1. The number of aromatic nitrogens is 3. The van der Waals surface area contributed by atoms with Gasteiger partial charge in [-0.3, -0.25) is 4.79 Å². The van der Waals surface area contributed by atoms with E-state index in [0.29, 0.717) is 23.6 Å². The molecule has 0 aliphatic carbocycles. The van der Waals surface area contributed by atoms with Gasteiger partial charge < -0.3 is 26.2 Å². The molecule has 0 atom stereocenters. The van der Waals surface area contributed by atoms with Gasteiger partial charge >= 0.3 is 0 Å². The summed E-state index contributed by atoms with van der Waals surface area (Å²) in [6, 6.07) is 21.9. The number of hydrogen-bond donors (Lipinski definition) is 3. The van der Waals surface area contributed by atoms with Gasteiger partial charge in [-0.15, -0.1) is 0 Å². The molecule has 2 aromatic heterocycles. The van der Waals surface area contributed by atoms with E-state index in [2.05, 4.69) is 47.5 Å². The lowest BCUT2D eigenvalue weighted by Crippen LogP contribution is -2.47. The summed E-state index contributed by atoms with van der Waals surface area (Å²) in [4.78, 5) is 29.5. The van der Waals surface area contributed by atoms with E-state index in [1.807, 2.05) is 54.6 Å². The van der Waals surface area contributed by atoms with E-state index in [0.717, 1.165) is 49.1 Å². The van der Waals surface area contributed by atoms with Crippen LogP contribution in [-0.2, 0) is 6.54 Å². The molecule has 0 radical (unpaired) electrons. The van der Waals surface area contributed by atoms with Crippen molar-refractivity contribution >= 4 is 34.7 Å². The Kier molecular flexibility index (Phi) is 6.88. The van der Waals surface area contributed by atoms with Gasteiger partial charge in [0, 0.05) is 68.8 Å². The van der Waals surface area contributed by atoms with Crippen LogP contribution in [0.5, 0.6) is 0 Å². The van der Waals surface area contributed by atoms with Gasteiger partial charge in [0.15, 0.2) is 0 Å².